The van der Waals surface area contributed by atoms with Crippen LogP contribution < -0.4 is 10.6 Å². The van der Waals surface area contributed by atoms with Crippen molar-refractivity contribution in [3.8, 4) is 22.5 Å². The number of aromatic nitrogens is 2. The van der Waals surface area contributed by atoms with Gasteiger partial charge in [0.05, 0.1) is 11.0 Å². The summed E-state index contributed by atoms with van der Waals surface area (Å²) in [6, 6.07) is 28.8. The molecule has 5 rings (SSSR count). The quantitative estimate of drug-likeness (QED) is 0.264. The van der Waals surface area contributed by atoms with Gasteiger partial charge in [0.25, 0.3) is 0 Å². The van der Waals surface area contributed by atoms with Crippen molar-refractivity contribution in [2.24, 2.45) is 0 Å². The Morgan fingerprint density at radius 3 is 2.12 bits per heavy atom. The first kappa shape index (κ1) is 20.8. The second kappa shape index (κ2) is 8.81. The number of benzene rings is 4. The van der Waals surface area contributed by atoms with Crippen molar-refractivity contribution in [2.45, 2.75) is 6.92 Å². The van der Waals surface area contributed by atoms with Gasteiger partial charge in [-0.25, -0.2) is 9.78 Å². The minimum absolute atomic E-state index is 0.313. The van der Waals surface area contributed by atoms with Gasteiger partial charge in [0.15, 0.2) is 0 Å². The highest BCUT2D eigenvalue weighted by atomic mass is 35.5. The van der Waals surface area contributed by atoms with Crippen molar-refractivity contribution < 1.29 is 4.79 Å². The number of nitrogens with one attached hydrogen (secondary N) is 3. The zero-order chi connectivity index (χ0) is 22.8. The van der Waals surface area contributed by atoms with Crippen LogP contribution in [-0.4, -0.2) is 16.0 Å². The number of para-hydroxylation sites is 1. The molecule has 3 N–H and O–H groups in total. The second-order valence-electron chi connectivity index (χ2n) is 7.80. The lowest BCUT2D eigenvalue weighted by Gasteiger charge is -2.09. The molecule has 5 aromatic rings. The summed E-state index contributed by atoms with van der Waals surface area (Å²) in [5.74, 6) is 0.846. The smallest absolute Gasteiger partial charge is 0.323 e. The molecule has 0 aliphatic carbocycles. The zero-order valence-corrected chi connectivity index (χ0v) is 18.6. The fraction of sp³-hybridized carbons (Fsp3) is 0.0370. The average Bonchev–Trinajstić information content (AvgIpc) is 3.27. The molecule has 33 heavy (non-hydrogen) atoms. The number of anilines is 2. The largest absolute Gasteiger partial charge is 0.338 e. The first-order chi connectivity index (χ1) is 16.0. The minimum Gasteiger partial charge on any atom is -0.338 e. The maximum absolute atomic E-state index is 12.3. The molecule has 0 saturated heterocycles. The molecule has 162 valence electrons. The number of amides is 2. The van der Waals surface area contributed by atoms with Crippen LogP contribution in [0.15, 0.2) is 91.0 Å². The maximum atomic E-state index is 12.3. The van der Waals surface area contributed by atoms with Gasteiger partial charge in [-0.1, -0.05) is 54.1 Å². The van der Waals surface area contributed by atoms with Gasteiger partial charge in [-0.3, -0.25) is 0 Å². The summed E-state index contributed by atoms with van der Waals surface area (Å²) >= 11 is 5.88. The molecule has 0 unspecified atom stereocenters. The third-order valence-corrected chi connectivity index (χ3v) is 5.68. The lowest BCUT2D eigenvalue weighted by molar-refractivity contribution is 0.262. The van der Waals surface area contributed by atoms with Crippen LogP contribution in [-0.2, 0) is 0 Å². The van der Waals surface area contributed by atoms with E-state index >= 15 is 0 Å². The number of hydrogen-bond acceptors (Lipinski definition) is 2. The number of aromatic amines is 1. The van der Waals surface area contributed by atoms with Gasteiger partial charge >= 0.3 is 6.03 Å². The molecule has 0 atom stereocenters. The van der Waals surface area contributed by atoms with Crippen LogP contribution in [0.3, 0.4) is 0 Å². The van der Waals surface area contributed by atoms with Gasteiger partial charge in [0, 0.05) is 22.0 Å². The van der Waals surface area contributed by atoms with E-state index in [0.29, 0.717) is 16.4 Å². The van der Waals surface area contributed by atoms with Crippen molar-refractivity contribution in [2.75, 3.05) is 10.6 Å². The fourth-order valence-electron chi connectivity index (χ4n) is 3.73. The molecular formula is C27H21ClN4O. The van der Waals surface area contributed by atoms with Crippen LogP contribution in [0.25, 0.3) is 33.5 Å². The highest BCUT2D eigenvalue weighted by molar-refractivity contribution is 6.30. The summed E-state index contributed by atoms with van der Waals surface area (Å²) in [5.41, 5.74) is 7.68. The number of urea groups is 1. The minimum atomic E-state index is -0.313. The number of fused-ring (bicyclic) bond motifs is 1. The number of carbonyl (C=O) groups is 1. The van der Waals surface area contributed by atoms with Gasteiger partial charge < -0.3 is 15.6 Å². The van der Waals surface area contributed by atoms with Crippen molar-refractivity contribution >= 4 is 40.0 Å². The summed E-state index contributed by atoms with van der Waals surface area (Å²) in [6.07, 6.45) is 0. The van der Waals surface area contributed by atoms with E-state index in [9.17, 15) is 4.79 Å². The number of carbonyl (C=O) groups excluding carboxylic acids is 1. The van der Waals surface area contributed by atoms with E-state index in [-0.39, 0.29) is 6.03 Å². The van der Waals surface area contributed by atoms with Crippen LogP contribution in [0.1, 0.15) is 5.56 Å². The molecule has 0 fully saturated rings. The van der Waals surface area contributed by atoms with E-state index in [4.69, 9.17) is 16.6 Å². The first-order valence-electron chi connectivity index (χ1n) is 10.5. The zero-order valence-electron chi connectivity index (χ0n) is 17.9. The van der Waals surface area contributed by atoms with E-state index in [2.05, 4.69) is 40.7 Å². The predicted octanol–water partition coefficient (Wildman–Crippen LogP) is 7.50. The molecule has 0 saturated carbocycles. The molecule has 0 bridgehead atoms. The van der Waals surface area contributed by atoms with Crippen molar-refractivity contribution in [1.29, 1.82) is 0 Å². The van der Waals surface area contributed by atoms with Crippen LogP contribution in [0.2, 0.25) is 5.02 Å². The number of rotatable bonds is 4. The molecule has 0 aliphatic heterocycles. The Morgan fingerprint density at radius 1 is 0.788 bits per heavy atom. The van der Waals surface area contributed by atoms with Gasteiger partial charge in [-0.05, 0) is 72.1 Å². The summed E-state index contributed by atoms with van der Waals surface area (Å²) in [6.45, 7) is 2.06. The third-order valence-electron chi connectivity index (χ3n) is 5.43. The number of halogens is 1. The molecule has 0 aliphatic rings. The summed E-state index contributed by atoms with van der Waals surface area (Å²) in [4.78, 5) is 20.5. The normalized spacial score (nSPS) is 10.8. The predicted molar refractivity (Wildman–Crippen MR) is 136 cm³/mol. The van der Waals surface area contributed by atoms with E-state index < -0.39 is 0 Å². The Hall–Kier alpha value is -4.09. The Labute approximate surface area is 196 Å². The molecule has 1 aromatic heterocycles. The van der Waals surface area contributed by atoms with Crippen LogP contribution in [0.5, 0.6) is 0 Å². The Balaban J connectivity index is 1.32. The SMILES string of the molecule is Cc1cccc2[nH]c(-c3cccc(-c4ccc(NC(=O)Nc5ccc(Cl)cc5)cc4)c3)nc12. The van der Waals surface area contributed by atoms with E-state index in [0.717, 1.165) is 39.1 Å². The lowest BCUT2D eigenvalue weighted by atomic mass is 10.0. The van der Waals surface area contributed by atoms with E-state index in [1.54, 1.807) is 24.3 Å². The van der Waals surface area contributed by atoms with E-state index in [1.165, 1.54) is 0 Å². The van der Waals surface area contributed by atoms with E-state index in [1.807, 2.05) is 48.5 Å². The molecule has 2 amide bonds. The number of hydrogen-bond donors (Lipinski definition) is 3. The maximum Gasteiger partial charge on any atom is 0.323 e. The standard InChI is InChI=1S/C27H21ClN4O/c1-17-4-2-7-24-25(17)32-26(31-24)20-6-3-5-19(16-20)18-8-12-22(13-9-18)29-27(33)30-23-14-10-21(28)11-15-23/h2-16H,1H3,(H,31,32)(H2,29,30,33). The molecule has 5 nitrogen and oxygen atoms in total. The van der Waals surface area contributed by atoms with Gasteiger partial charge in [0.2, 0.25) is 0 Å². The summed E-state index contributed by atoms with van der Waals surface area (Å²) in [5, 5.41) is 6.25. The summed E-state index contributed by atoms with van der Waals surface area (Å²) in [7, 11) is 0. The Morgan fingerprint density at radius 2 is 1.42 bits per heavy atom. The fourth-order valence-corrected chi connectivity index (χ4v) is 3.86. The third kappa shape index (κ3) is 4.59. The molecular weight excluding hydrogens is 432 g/mol. The van der Waals surface area contributed by atoms with Crippen molar-refractivity contribution in [3.63, 3.8) is 0 Å². The Kier molecular flexibility index (Phi) is 5.55. The van der Waals surface area contributed by atoms with Crippen LogP contribution in [0.4, 0.5) is 16.2 Å². The number of imidazole rings is 1. The highest BCUT2D eigenvalue weighted by Gasteiger charge is 2.09. The molecule has 4 aromatic carbocycles. The van der Waals surface area contributed by atoms with Gasteiger partial charge in [-0.15, -0.1) is 0 Å². The number of H-pyrrole nitrogens is 1. The highest BCUT2D eigenvalue weighted by Crippen LogP contribution is 2.28. The molecule has 1 heterocycles. The average molecular weight is 453 g/mol. The van der Waals surface area contributed by atoms with Crippen LogP contribution >= 0.6 is 11.6 Å². The van der Waals surface area contributed by atoms with Gasteiger partial charge in [-0.2, -0.15) is 0 Å². The summed E-state index contributed by atoms with van der Waals surface area (Å²) < 4.78 is 0. The Bertz CT molecular complexity index is 1440. The van der Waals surface area contributed by atoms with Gasteiger partial charge in [0.1, 0.15) is 5.82 Å². The second-order valence-corrected chi connectivity index (χ2v) is 8.24. The molecule has 0 radical (unpaired) electrons. The topological polar surface area (TPSA) is 69.8 Å². The number of aryl methyl sites for hydroxylation is 1. The number of nitrogens with zero attached hydrogens (tertiary/aromatic N) is 1. The first-order valence-corrected chi connectivity index (χ1v) is 10.9. The monoisotopic (exact) mass is 452 g/mol. The van der Waals surface area contributed by atoms with Crippen molar-refractivity contribution in [1.82, 2.24) is 9.97 Å². The van der Waals surface area contributed by atoms with Crippen molar-refractivity contribution in [3.05, 3.63) is 102 Å². The lowest BCUT2D eigenvalue weighted by Crippen LogP contribution is -2.19. The molecule has 6 heteroatoms. The molecule has 0 spiro atoms. The van der Waals surface area contributed by atoms with Crippen LogP contribution in [0, 0.1) is 6.92 Å².